The number of nitrogens with zero attached hydrogens (tertiary/aromatic N) is 2. The first-order valence-electron chi connectivity index (χ1n) is 7.73. The maximum atomic E-state index is 12.2. The third-order valence-electron chi connectivity index (χ3n) is 3.92. The quantitative estimate of drug-likeness (QED) is 0.565. The monoisotopic (exact) mass is 367 g/mol. The van der Waals surface area contributed by atoms with Crippen molar-refractivity contribution in [3.63, 3.8) is 0 Å². The van der Waals surface area contributed by atoms with E-state index in [2.05, 4.69) is 34.3 Å². The van der Waals surface area contributed by atoms with Gasteiger partial charge in [-0.1, -0.05) is 53.7 Å². The fraction of sp³-hybridized carbons (Fsp3) is 0.0526. The molecule has 4 nitrogen and oxygen atoms in total. The number of benzene rings is 2. The van der Waals surface area contributed by atoms with E-state index in [0.717, 1.165) is 16.0 Å². The molecule has 0 saturated heterocycles. The van der Waals surface area contributed by atoms with Crippen LogP contribution in [0.15, 0.2) is 75.4 Å². The van der Waals surface area contributed by atoms with E-state index in [9.17, 15) is 4.79 Å². The molecule has 2 aromatic carbocycles. The summed E-state index contributed by atoms with van der Waals surface area (Å²) in [6, 6.07) is 18.4. The number of hydrogen-bond acceptors (Lipinski definition) is 3. The number of halogens is 1. The second-order valence-corrected chi connectivity index (χ2v) is 7.13. The summed E-state index contributed by atoms with van der Waals surface area (Å²) in [5, 5.41) is 3.07. The van der Waals surface area contributed by atoms with Gasteiger partial charge in [-0.3, -0.25) is 9.89 Å². The Morgan fingerprint density at radius 1 is 1.04 bits per heavy atom. The van der Waals surface area contributed by atoms with E-state index in [4.69, 9.17) is 11.6 Å². The number of aromatic amines is 1. The molecular formula is C19H14ClN3OS. The molecule has 2 heterocycles. The van der Waals surface area contributed by atoms with Crippen LogP contribution in [0.25, 0.3) is 16.8 Å². The summed E-state index contributed by atoms with van der Waals surface area (Å²) in [7, 11) is 0. The lowest BCUT2D eigenvalue weighted by atomic mass is 10.1. The minimum Gasteiger partial charge on any atom is -0.296 e. The van der Waals surface area contributed by atoms with Gasteiger partial charge >= 0.3 is 0 Å². The molecule has 0 bridgehead atoms. The normalized spacial score (nSPS) is 11.1. The highest BCUT2D eigenvalue weighted by molar-refractivity contribution is 7.99. The molecule has 1 N–H and O–H groups in total. The molecule has 4 aromatic rings. The van der Waals surface area contributed by atoms with Gasteiger partial charge in [-0.25, -0.2) is 4.98 Å². The van der Waals surface area contributed by atoms with E-state index in [0.29, 0.717) is 11.3 Å². The van der Waals surface area contributed by atoms with Gasteiger partial charge in [0.05, 0.1) is 5.69 Å². The zero-order valence-corrected chi connectivity index (χ0v) is 14.9. The number of hydrogen-bond donors (Lipinski definition) is 1. The van der Waals surface area contributed by atoms with Gasteiger partial charge in [-0.2, -0.15) is 4.52 Å². The molecule has 0 aliphatic rings. The maximum Gasteiger partial charge on any atom is 0.291 e. The van der Waals surface area contributed by atoms with Crippen molar-refractivity contribution in [3.05, 3.63) is 81.9 Å². The first-order valence-corrected chi connectivity index (χ1v) is 8.92. The first kappa shape index (κ1) is 16.0. The highest BCUT2D eigenvalue weighted by Gasteiger charge is 2.13. The van der Waals surface area contributed by atoms with E-state index in [1.165, 1.54) is 9.41 Å². The van der Waals surface area contributed by atoms with Crippen molar-refractivity contribution in [2.24, 2.45) is 0 Å². The molecule has 0 fully saturated rings. The molecule has 0 atom stereocenters. The standard InChI is InChI=1S/C19H14ClN3OS/c1-12-17(20)19(24)23-18(22-12)16(11-21-23)13-7-9-15(10-8-13)25-14-5-3-2-4-6-14/h2-11,21H,1H3. The fourth-order valence-electron chi connectivity index (χ4n) is 2.64. The molecule has 0 amide bonds. The summed E-state index contributed by atoms with van der Waals surface area (Å²) >= 11 is 7.70. The lowest BCUT2D eigenvalue weighted by Gasteiger charge is -2.04. The van der Waals surface area contributed by atoms with Crippen LogP contribution in [0.2, 0.25) is 5.02 Å². The average Bonchev–Trinajstić information content (AvgIpc) is 3.05. The Balaban J connectivity index is 1.71. The second kappa shape index (κ2) is 6.43. The topological polar surface area (TPSA) is 50.2 Å². The molecule has 0 spiro atoms. The molecular weight excluding hydrogens is 354 g/mol. The van der Waals surface area contributed by atoms with Crippen LogP contribution < -0.4 is 5.56 Å². The number of fused-ring (bicyclic) bond motifs is 1. The van der Waals surface area contributed by atoms with Crippen LogP contribution in [-0.4, -0.2) is 14.6 Å². The van der Waals surface area contributed by atoms with Crippen LogP contribution in [0.4, 0.5) is 0 Å². The minimum absolute atomic E-state index is 0.139. The van der Waals surface area contributed by atoms with Crippen LogP contribution in [0.1, 0.15) is 5.69 Å². The molecule has 0 saturated carbocycles. The lowest BCUT2D eigenvalue weighted by molar-refractivity contribution is 0.890. The third-order valence-corrected chi connectivity index (χ3v) is 5.37. The van der Waals surface area contributed by atoms with Crippen molar-refractivity contribution in [3.8, 4) is 11.1 Å². The average molecular weight is 368 g/mol. The molecule has 2 aromatic heterocycles. The third kappa shape index (κ3) is 2.97. The van der Waals surface area contributed by atoms with Gasteiger partial charge in [0.15, 0.2) is 5.65 Å². The van der Waals surface area contributed by atoms with Gasteiger partial charge in [0.25, 0.3) is 5.56 Å². The molecule has 0 unspecified atom stereocenters. The van der Waals surface area contributed by atoms with Crippen LogP contribution in [0, 0.1) is 6.92 Å². The Labute approximate surface area is 153 Å². The molecule has 4 rings (SSSR count). The van der Waals surface area contributed by atoms with Crippen molar-refractivity contribution >= 4 is 29.0 Å². The summed E-state index contributed by atoms with van der Waals surface area (Å²) in [6.45, 7) is 1.74. The van der Waals surface area contributed by atoms with Gasteiger partial charge in [0, 0.05) is 21.6 Å². The van der Waals surface area contributed by atoms with Crippen LogP contribution in [0.3, 0.4) is 0 Å². The van der Waals surface area contributed by atoms with Gasteiger partial charge in [0.2, 0.25) is 0 Å². The van der Waals surface area contributed by atoms with E-state index < -0.39 is 0 Å². The number of aromatic nitrogens is 3. The molecule has 6 heteroatoms. The Bertz CT molecular complexity index is 1100. The van der Waals surface area contributed by atoms with Crippen molar-refractivity contribution < 1.29 is 0 Å². The second-order valence-electron chi connectivity index (χ2n) is 5.60. The number of rotatable bonds is 3. The molecule has 124 valence electrons. The largest absolute Gasteiger partial charge is 0.296 e. The number of nitrogens with one attached hydrogen (secondary N) is 1. The van der Waals surface area contributed by atoms with E-state index in [1.54, 1.807) is 24.9 Å². The Morgan fingerprint density at radius 3 is 2.44 bits per heavy atom. The molecule has 0 aliphatic heterocycles. The lowest BCUT2D eigenvalue weighted by Crippen LogP contribution is -2.16. The van der Waals surface area contributed by atoms with E-state index >= 15 is 0 Å². The Hall–Kier alpha value is -2.50. The summed E-state index contributed by atoms with van der Waals surface area (Å²) in [5.74, 6) is 0. The van der Waals surface area contributed by atoms with Crippen LogP contribution in [0.5, 0.6) is 0 Å². The first-order chi connectivity index (χ1) is 12.1. The predicted octanol–water partition coefficient (Wildman–Crippen LogP) is 4.80. The highest BCUT2D eigenvalue weighted by Crippen LogP contribution is 2.30. The number of aryl methyl sites for hydroxylation is 1. The summed E-state index contributed by atoms with van der Waals surface area (Å²) in [4.78, 5) is 19.0. The van der Waals surface area contributed by atoms with Gasteiger partial charge in [0.1, 0.15) is 5.02 Å². The summed E-state index contributed by atoms with van der Waals surface area (Å²) < 4.78 is 1.37. The van der Waals surface area contributed by atoms with Crippen molar-refractivity contribution in [2.75, 3.05) is 0 Å². The fourth-order valence-corrected chi connectivity index (χ4v) is 3.61. The molecule has 25 heavy (non-hydrogen) atoms. The van der Waals surface area contributed by atoms with Crippen LogP contribution >= 0.6 is 23.4 Å². The smallest absolute Gasteiger partial charge is 0.291 e. The Morgan fingerprint density at radius 2 is 1.72 bits per heavy atom. The SMILES string of the molecule is Cc1nc2c(-c3ccc(Sc4ccccc4)cc3)c[nH]n2c(=O)c1Cl. The van der Waals surface area contributed by atoms with E-state index in [-0.39, 0.29) is 10.6 Å². The Kier molecular flexibility index (Phi) is 4.11. The highest BCUT2D eigenvalue weighted by atomic mass is 35.5. The predicted molar refractivity (Wildman–Crippen MR) is 102 cm³/mol. The van der Waals surface area contributed by atoms with Gasteiger partial charge in [-0.15, -0.1) is 0 Å². The van der Waals surface area contributed by atoms with E-state index in [1.807, 2.05) is 30.3 Å². The van der Waals surface area contributed by atoms with Crippen molar-refractivity contribution in [1.82, 2.24) is 14.6 Å². The van der Waals surface area contributed by atoms with Crippen molar-refractivity contribution in [1.29, 1.82) is 0 Å². The minimum atomic E-state index is -0.285. The molecule has 0 radical (unpaired) electrons. The van der Waals surface area contributed by atoms with Gasteiger partial charge < -0.3 is 0 Å². The van der Waals surface area contributed by atoms with Crippen LogP contribution in [-0.2, 0) is 0 Å². The summed E-state index contributed by atoms with van der Waals surface area (Å²) in [5.41, 5.74) is 2.68. The van der Waals surface area contributed by atoms with Gasteiger partial charge in [-0.05, 0) is 36.8 Å². The van der Waals surface area contributed by atoms with Crippen molar-refractivity contribution in [2.45, 2.75) is 16.7 Å². The zero-order valence-electron chi connectivity index (χ0n) is 13.4. The molecule has 0 aliphatic carbocycles. The zero-order chi connectivity index (χ0) is 17.4. The number of H-pyrrole nitrogens is 1. The summed E-state index contributed by atoms with van der Waals surface area (Å²) in [6.07, 6.45) is 1.78. The maximum absolute atomic E-state index is 12.2.